The first kappa shape index (κ1) is 11.1. The predicted molar refractivity (Wildman–Crippen MR) is 64.4 cm³/mol. The Morgan fingerprint density at radius 3 is 2.71 bits per heavy atom. The van der Waals surface area contributed by atoms with Crippen molar-refractivity contribution in [1.29, 1.82) is 0 Å². The number of benzene rings is 1. The molecule has 3 rings (SSSR count). The zero-order chi connectivity index (χ0) is 12.0. The molecule has 2 aromatic rings. The summed E-state index contributed by atoms with van der Waals surface area (Å²) in [5.74, 6) is -0.990. The number of nitrogens with zero attached hydrogens (tertiary/aromatic N) is 1. The molecule has 1 N–H and O–H groups in total. The summed E-state index contributed by atoms with van der Waals surface area (Å²) >= 11 is 1.66. The van der Waals surface area contributed by atoms with Crippen LogP contribution in [0.25, 0.3) is 10.1 Å². The Morgan fingerprint density at radius 1 is 1.35 bits per heavy atom. The monoisotopic (exact) mass is 251 g/mol. The molecule has 1 unspecified atom stereocenters. The van der Waals surface area contributed by atoms with Gasteiger partial charge in [-0.1, -0.05) is 18.2 Å². The van der Waals surface area contributed by atoms with Crippen LogP contribution in [0.15, 0.2) is 30.3 Å². The van der Waals surface area contributed by atoms with Crippen molar-refractivity contribution in [2.45, 2.75) is 25.8 Å². The molecule has 1 fully saturated rings. The topological polar surface area (TPSA) is 48.5 Å². The molecule has 0 aliphatic carbocycles. The average Bonchev–Trinajstić information content (AvgIpc) is 2.95. The fourth-order valence-electron chi connectivity index (χ4n) is 1.82. The minimum Gasteiger partial charge on any atom is -0.308 e. The summed E-state index contributed by atoms with van der Waals surface area (Å²) in [6.07, 6.45) is 0. The molecule has 1 atom stereocenters. The maximum absolute atomic E-state index is 9.99. The highest BCUT2D eigenvalue weighted by Gasteiger charge is 2.52. The van der Waals surface area contributed by atoms with E-state index < -0.39 is 5.91 Å². The van der Waals surface area contributed by atoms with Gasteiger partial charge in [-0.3, -0.25) is 0 Å². The molecule has 0 radical (unpaired) electrons. The molecule has 0 amide bonds. The highest BCUT2D eigenvalue weighted by Crippen LogP contribution is 2.40. The minimum atomic E-state index is -0.990. The number of hydrogen-bond acceptors (Lipinski definition) is 5. The van der Waals surface area contributed by atoms with Crippen LogP contribution >= 0.6 is 11.3 Å². The number of hydroxylamine groups is 2. The van der Waals surface area contributed by atoms with Crippen LogP contribution in [0.1, 0.15) is 24.8 Å². The second kappa shape index (κ2) is 3.76. The van der Waals surface area contributed by atoms with E-state index in [1.54, 1.807) is 18.3 Å². The first-order valence-corrected chi connectivity index (χ1v) is 6.25. The number of fused-ring (bicyclic) bond motifs is 1. The van der Waals surface area contributed by atoms with E-state index in [9.17, 15) is 5.21 Å². The number of rotatable bonds is 3. The van der Waals surface area contributed by atoms with Crippen molar-refractivity contribution in [3.63, 3.8) is 0 Å². The minimum absolute atomic E-state index is 0.167. The van der Waals surface area contributed by atoms with Gasteiger partial charge < -0.3 is 5.21 Å². The van der Waals surface area contributed by atoms with Gasteiger partial charge in [-0.15, -0.1) is 16.4 Å². The molecule has 4 nitrogen and oxygen atoms in total. The van der Waals surface area contributed by atoms with Gasteiger partial charge in [0.05, 0.1) is 6.04 Å². The Hall–Kier alpha value is -0.980. The average molecular weight is 251 g/mol. The quantitative estimate of drug-likeness (QED) is 0.516. The van der Waals surface area contributed by atoms with E-state index in [2.05, 4.69) is 18.2 Å². The second-order valence-electron chi connectivity index (χ2n) is 4.27. The summed E-state index contributed by atoms with van der Waals surface area (Å²) < 4.78 is 1.21. The fourth-order valence-corrected chi connectivity index (χ4v) is 2.92. The molecule has 1 aromatic carbocycles. The lowest BCUT2D eigenvalue weighted by Gasteiger charge is -2.21. The lowest BCUT2D eigenvalue weighted by molar-refractivity contribution is -0.200. The fraction of sp³-hybridized carbons (Fsp3) is 0.333. The van der Waals surface area contributed by atoms with E-state index in [0.717, 1.165) is 9.94 Å². The van der Waals surface area contributed by atoms with Crippen molar-refractivity contribution < 1.29 is 15.0 Å². The molecule has 0 spiro atoms. The van der Waals surface area contributed by atoms with Gasteiger partial charge in [0.1, 0.15) is 0 Å². The van der Waals surface area contributed by atoms with Gasteiger partial charge in [-0.2, -0.15) is 9.78 Å². The summed E-state index contributed by atoms with van der Waals surface area (Å²) in [6.45, 7) is 3.60. The Kier molecular flexibility index (Phi) is 2.46. The molecule has 90 valence electrons. The van der Waals surface area contributed by atoms with Crippen LogP contribution in [-0.4, -0.2) is 16.2 Å². The van der Waals surface area contributed by atoms with Gasteiger partial charge in [0.2, 0.25) is 0 Å². The van der Waals surface area contributed by atoms with Gasteiger partial charge in [-0.05, 0) is 24.4 Å². The van der Waals surface area contributed by atoms with Gasteiger partial charge in [0.25, 0.3) is 0 Å². The van der Waals surface area contributed by atoms with Crippen LogP contribution < -0.4 is 0 Å². The van der Waals surface area contributed by atoms with Crippen LogP contribution in [-0.2, 0) is 9.78 Å². The molecular weight excluding hydrogens is 238 g/mol. The van der Waals surface area contributed by atoms with Crippen LogP contribution in [0.2, 0.25) is 0 Å². The molecule has 1 aliphatic heterocycles. The van der Waals surface area contributed by atoms with Crippen molar-refractivity contribution in [2.24, 2.45) is 0 Å². The molecule has 1 aromatic heterocycles. The van der Waals surface area contributed by atoms with E-state index in [1.165, 1.54) is 10.1 Å². The molecule has 1 saturated heterocycles. The van der Waals surface area contributed by atoms with E-state index in [0.29, 0.717) is 0 Å². The third-order valence-electron chi connectivity index (χ3n) is 2.96. The molecule has 5 heteroatoms. The molecule has 0 bridgehead atoms. The summed E-state index contributed by atoms with van der Waals surface area (Å²) in [5.41, 5.74) is 0. The number of thiophene rings is 1. The Labute approximate surface area is 103 Å². The van der Waals surface area contributed by atoms with Crippen molar-refractivity contribution >= 4 is 21.4 Å². The van der Waals surface area contributed by atoms with E-state index in [4.69, 9.17) is 9.78 Å². The van der Waals surface area contributed by atoms with Gasteiger partial charge in [-0.25, -0.2) is 0 Å². The Morgan fingerprint density at radius 2 is 2.06 bits per heavy atom. The lowest BCUT2D eigenvalue weighted by Crippen LogP contribution is -2.34. The van der Waals surface area contributed by atoms with Crippen LogP contribution in [0, 0.1) is 0 Å². The third kappa shape index (κ3) is 1.86. The van der Waals surface area contributed by atoms with Crippen LogP contribution in [0.3, 0.4) is 0 Å². The predicted octanol–water partition coefficient (Wildman–Crippen LogP) is 3.29. The molecular formula is C12H13NO3S. The third-order valence-corrected chi connectivity index (χ3v) is 4.25. The van der Waals surface area contributed by atoms with E-state index in [1.807, 2.05) is 19.1 Å². The largest absolute Gasteiger partial charge is 0.308 e. The van der Waals surface area contributed by atoms with Crippen LogP contribution in [0.5, 0.6) is 0 Å². The standard InChI is InChI=1S/C12H13NO3S/c1-8(13(14)12(2)15-16-12)11-7-9-5-3-4-6-10(9)17-11/h3-8,14H,1-2H3. The van der Waals surface area contributed by atoms with Crippen molar-refractivity contribution in [3.05, 3.63) is 35.2 Å². The van der Waals surface area contributed by atoms with Crippen molar-refractivity contribution in [2.75, 3.05) is 0 Å². The first-order valence-electron chi connectivity index (χ1n) is 5.44. The number of hydrogen-bond donors (Lipinski definition) is 1. The highest BCUT2D eigenvalue weighted by atomic mass is 32.1. The lowest BCUT2D eigenvalue weighted by atomic mass is 10.2. The van der Waals surface area contributed by atoms with E-state index >= 15 is 0 Å². The van der Waals surface area contributed by atoms with Crippen molar-refractivity contribution in [3.8, 4) is 0 Å². The normalized spacial score (nSPS) is 19.8. The van der Waals surface area contributed by atoms with Gasteiger partial charge in [0, 0.05) is 16.5 Å². The smallest absolute Gasteiger partial charge is 0.308 e. The van der Waals surface area contributed by atoms with E-state index in [-0.39, 0.29) is 6.04 Å². The molecule has 2 heterocycles. The summed E-state index contributed by atoms with van der Waals surface area (Å²) in [5, 5.41) is 12.3. The van der Waals surface area contributed by atoms with Gasteiger partial charge >= 0.3 is 5.91 Å². The summed E-state index contributed by atoms with van der Waals surface area (Å²) in [7, 11) is 0. The molecule has 1 aliphatic rings. The van der Waals surface area contributed by atoms with Crippen LogP contribution in [0.4, 0.5) is 0 Å². The summed E-state index contributed by atoms with van der Waals surface area (Å²) in [6, 6.07) is 10.1. The zero-order valence-corrected chi connectivity index (χ0v) is 10.4. The second-order valence-corrected chi connectivity index (χ2v) is 5.39. The first-order chi connectivity index (χ1) is 8.10. The zero-order valence-electron chi connectivity index (χ0n) is 9.58. The van der Waals surface area contributed by atoms with Gasteiger partial charge in [0.15, 0.2) is 0 Å². The molecule has 0 saturated carbocycles. The Balaban J connectivity index is 1.92. The maximum Gasteiger partial charge on any atom is 0.308 e. The SMILES string of the molecule is CC(c1cc2ccccc2s1)N(O)C1(C)OO1. The summed E-state index contributed by atoms with van der Waals surface area (Å²) in [4.78, 5) is 10.6. The highest BCUT2D eigenvalue weighted by molar-refractivity contribution is 7.19. The molecule has 17 heavy (non-hydrogen) atoms. The van der Waals surface area contributed by atoms with Crippen molar-refractivity contribution in [1.82, 2.24) is 5.06 Å². The Bertz CT molecular complexity index is 516. The maximum atomic E-state index is 9.99.